The van der Waals surface area contributed by atoms with Crippen LogP contribution in [0, 0.1) is 6.92 Å². The van der Waals surface area contributed by atoms with Gasteiger partial charge in [0.2, 0.25) is 0 Å². The zero-order valence-corrected chi connectivity index (χ0v) is 19.1. The molecule has 7 heteroatoms. The van der Waals surface area contributed by atoms with E-state index in [1.54, 1.807) is 31.4 Å². The standard InChI is InChI=1S/C26H30N2O5/c1-18-14-15-22(33-18)24(25(29)27-20-10-4-3-5-11-20)28(26(30)23-13-8-16-32-23)17-19-9-6-7-12-21(19)31-2/h6-9,12-16,20,24H,3-5,10-11,17H2,1-2H3,(H,27,29)/t24-/m0/s1. The van der Waals surface area contributed by atoms with Crippen molar-refractivity contribution in [1.82, 2.24) is 10.2 Å². The van der Waals surface area contributed by atoms with Crippen molar-refractivity contribution < 1.29 is 23.2 Å². The van der Waals surface area contributed by atoms with Crippen LogP contribution in [-0.2, 0) is 11.3 Å². The molecule has 7 nitrogen and oxygen atoms in total. The Morgan fingerprint density at radius 2 is 1.88 bits per heavy atom. The minimum Gasteiger partial charge on any atom is -0.496 e. The van der Waals surface area contributed by atoms with Gasteiger partial charge < -0.3 is 23.8 Å². The number of hydrogen-bond acceptors (Lipinski definition) is 5. The molecule has 1 aliphatic carbocycles. The van der Waals surface area contributed by atoms with E-state index < -0.39 is 11.9 Å². The van der Waals surface area contributed by atoms with Gasteiger partial charge in [-0.15, -0.1) is 0 Å². The van der Waals surface area contributed by atoms with Crippen LogP contribution in [0.1, 0.15) is 65.8 Å². The molecule has 0 radical (unpaired) electrons. The van der Waals surface area contributed by atoms with E-state index in [0.29, 0.717) is 17.3 Å². The normalized spacial score (nSPS) is 15.1. The molecular weight excluding hydrogens is 420 g/mol. The van der Waals surface area contributed by atoms with Crippen LogP contribution in [-0.4, -0.2) is 29.9 Å². The summed E-state index contributed by atoms with van der Waals surface area (Å²) in [5, 5.41) is 3.17. The van der Waals surface area contributed by atoms with Crippen LogP contribution in [0.2, 0.25) is 0 Å². The zero-order chi connectivity index (χ0) is 23.2. The lowest BCUT2D eigenvalue weighted by Gasteiger charge is -2.32. The minimum atomic E-state index is -0.955. The lowest BCUT2D eigenvalue weighted by atomic mass is 9.95. The van der Waals surface area contributed by atoms with Gasteiger partial charge in [0.15, 0.2) is 11.8 Å². The minimum absolute atomic E-state index is 0.0941. The van der Waals surface area contributed by atoms with E-state index in [0.717, 1.165) is 31.2 Å². The summed E-state index contributed by atoms with van der Waals surface area (Å²) in [6.07, 6.45) is 6.69. The number of methoxy groups -OCH3 is 1. The predicted molar refractivity (Wildman–Crippen MR) is 123 cm³/mol. The Morgan fingerprint density at radius 1 is 1.09 bits per heavy atom. The third-order valence-corrected chi connectivity index (χ3v) is 6.07. The molecule has 3 aromatic rings. The third-order valence-electron chi connectivity index (χ3n) is 6.07. The highest BCUT2D eigenvalue weighted by molar-refractivity contribution is 5.95. The molecule has 1 aromatic carbocycles. The van der Waals surface area contributed by atoms with Gasteiger partial charge in [-0.1, -0.05) is 37.5 Å². The molecule has 0 bridgehead atoms. The fraction of sp³-hybridized carbons (Fsp3) is 0.385. The van der Waals surface area contributed by atoms with Gasteiger partial charge in [0.1, 0.15) is 17.3 Å². The van der Waals surface area contributed by atoms with Gasteiger partial charge in [0.25, 0.3) is 11.8 Å². The number of hydrogen-bond donors (Lipinski definition) is 1. The van der Waals surface area contributed by atoms with E-state index in [4.69, 9.17) is 13.6 Å². The monoisotopic (exact) mass is 450 g/mol. The number of nitrogens with zero attached hydrogens (tertiary/aromatic N) is 1. The van der Waals surface area contributed by atoms with Crippen LogP contribution >= 0.6 is 0 Å². The number of carbonyl (C=O) groups is 2. The van der Waals surface area contributed by atoms with Crippen LogP contribution in [0.5, 0.6) is 5.75 Å². The van der Waals surface area contributed by atoms with Gasteiger partial charge in [-0.05, 0) is 50.1 Å². The molecule has 2 heterocycles. The Labute approximate surface area is 193 Å². The SMILES string of the molecule is COc1ccccc1CN(C(=O)c1ccco1)[C@H](C(=O)NC1CCCCC1)c1ccc(C)o1. The molecule has 1 saturated carbocycles. The Morgan fingerprint density at radius 3 is 2.55 bits per heavy atom. The van der Waals surface area contributed by atoms with Crippen LogP contribution in [0.15, 0.2) is 63.6 Å². The van der Waals surface area contributed by atoms with Crippen molar-refractivity contribution in [2.24, 2.45) is 0 Å². The van der Waals surface area contributed by atoms with Crippen LogP contribution in [0.3, 0.4) is 0 Å². The number of furan rings is 2. The van der Waals surface area contributed by atoms with Crippen molar-refractivity contribution in [1.29, 1.82) is 0 Å². The number of rotatable bonds is 8. The Hall–Kier alpha value is -3.48. The van der Waals surface area contributed by atoms with Crippen molar-refractivity contribution >= 4 is 11.8 Å². The maximum absolute atomic E-state index is 13.7. The van der Waals surface area contributed by atoms with Crippen molar-refractivity contribution in [3.05, 3.63) is 77.6 Å². The summed E-state index contributed by atoms with van der Waals surface area (Å²) in [6.45, 7) is 1.96. The van der Waals surface area contributed by atoms with E-state index in [-0.39, 0.29) is 24.3 Å². The first-order valence-corrected chi connectivity index (χ1v) is 11.4. The highest BCUT2D eigenvalue weighted by atomic mass is 16.5. The first-order chi connectivity index (χ1) is 16.1. The summed E-state index contributed by atoms with van der Waals surface area (Å²) in [5.74, 6) is 1.22. The molecule has 174 valence electrons. The number of para-hydroxylation sites is 1. The Kier molecular flexibility index (Phi) is 7.17. The largest absolute Gasteiger partial charge is 0.496 e. The van der Waals surface area contributed by atoms with Gasteiger partial charge in [0.05, 0.1) is 19.9 Å². The summed E-state index contributed by atoms with van der Waals surface area (Å²) in [6, 6.07) is 13.4. The summed E-state index contributed by atoms with van der Waals surface area (Å²) in [5.41, 5.74) is 0.777. The molecule has 1 atom stereocenters. The molecule has 2 aromatic heterocycles. The van der Waals surface area contributed by atoms with Crippen molar-refractivity contribution in [3.8, 4) is 5.75 Å². The second-order valence-electron chi connectivity index (χ2n) is 8.42. The molecule has 1 fully saturated rings. The molecule has 2 amide bonds. The fourth-order valence-corrected chi connectivity index (χ4v) is 4.39. The second kappa shape index (κ2) is 10.4. The summed E-state index contributed by atoms with van der Waals surface area (Å²) in [4.78, 5) is 28.7. The average molecular weight is 451 g/mol. The highest BCUT2D eigenvalue weighted by Crippen LogP contribution is 2.30. The van der Waals surface area contributed by atoms with E-state index in [9.17, 15) is 9.59 Å². The van der Waals surface area contributed by atoms with E-state index in [2.05, 4.69) is 5.32 Å². The topological polar surface area (TPSA) is 84.9 Å². The van der Waals surface area contributed by atoms with Crippen molar-refractivity contribution in [2.45, 2.75) is 57.7 Å². The summed E-state index contributed by atoms with van der Waals surface area (Å²) >= 11 is 0. The first-order valence-electron chi connectivity index (χ1n) is 11.4. The lowest BCUT2D eigenvalue weighted by Crippen LogP contribution is -2.46. The van der Waals surface area contributed by atoms with Crippen LogP contribution in [0.4, 0.5) is 0 Å². The van der Waals surface area contributed by atoms with Gasteiger partial charge in [-0.25, -0.2) is 0 Å². The zero-order valence-electron chi connectivity index (χ0n) is 19.1. The number of carbonyl (C=O) groups excluding carboxylic acids is 2. The van der Waals surface area contributed by atoms with Crippen molar-refractivity contribution in [2.75, 3.05) is 7.11 Å². The number of amides is 2. The van der Waals surface area contributed by atoms with Gasteiger partial charge in [0, 0.05) is 11.6 Å². The van der Waals surface area contributed by atoms with Gasteiger partial charge in [-0.3, -0.25) is 9.59 Å². The molecule has 1 N–H and O–H groups in total. The first kappa shape index (κ1) is 22.7. The molecular formula is C26H30N2O5. The molecule has 33 heavy (non-hydrogen) atoms. The van der Waals surface area contributed by atoms with E-state index in [1.807, 2.05) is 31.2 Å². The van der Waals surface area contributed by atoms with Gasteiger partial charge >= 0.3 is 0 Å². The summed E-state index contributed by atoms with van der Waals surface area (Å²) in [7, 11) is 1.58. The lowest BCUT2D eigenvalue weighted by molar-refractivity contribution is -0.127. The number of nitrogens with one attached hydrogen (secondary N) is 1. The quantitative estimate of drug-likeness (QED) is 0.521. The van der Waals surface area contributed by atoms with E-state index in [1.165, 1.54) is 17.6 Å². The van der Waals surface area contributed by atoms with Gasteiger partial charge in [-0.2, -0.15) is 0 Å². The van der Waals surface area contributed by atoms with Crippen LogP contribution in [0.25, 0.3) is 0 Å². The maximum Gasteiger partial charge on any atom is 0.290 e. The van der Waals surface area contributed by atoms with Crippen LogP contribution < -0.4 is 10.1 Å². The molecule has 0 aliphatic heterocycles. The second-order valence-corrected chi connectivity index (χ2v) is 8.42. The Bertz CT molecular complexity index is 1070. The number of ether oxygens (including phenoxy) is 1. The highest BCUT2D eigenvalue weighted by Gasteiger charge is 2.37. The fourth-order valence-electron chi connectivity index (χ4n) is 4.39. The van der Waals surface area contributed by atoms with E-state index >= 15 is 0 Å². The number of aryl methyl sites for hydroxylation is 1. The average Bonchev–Trinajstić information content (AvgIpc) is 3.51. The number of benzene rings is 1. The molecule has 4 rings (SSSR count). The third kappa shape index (κ3) is 5.30. The predicted octanol–water partition coefficient (Wildman–Crippen LogP) is 5.02. The summed E-state index contributed by atoms with van der Waals surface area (Å²) < 4.78 is 16.8. The molecule has 0 unspecified atom stereocenters. The smallest absolute Gasteiger partial charge is 0.290 e. The Balaban J connectivity index is 1.73. The molecule has 1 aliphatic rings. The van der Waals surface area contributed by atoms with Crippen molar-refractivity contribution in [3.63, 3.8) is 0 Å². The molecule has 0 spiro atoms. The maximum atomic E-state index is 13.7. The molecule has 0 saturated heterocycles.